The van der Waals surface area contributed by atoms with E-state index in [9.17, 15) is 4.79 Å². The Balaban J connectivity index is 2.61. The molecule has 1 aromatic carbocycles. The number of hydrogen-bond acceptors (Lipinski definition) is 3. The van der Waals surface area contributed by atoms with E-state index in [4.69, 9.17) is 10.5 Å². The minimum absolute atomic E-state index is 0.260. The molecule has 0 spiro atoms. The lowest BCUT2D eigenvalue weighted by Crippen LogP contribution is -1.97. The molecule has 17 heavy (non-hydrogen) atoms. The number of benzene rings is 1. The van der Waals surface area contributed by atoms with E-state index in [1.54, 1.807) is 0 Å². The fourth-order valence-corrected chi connectivity index (χ4v) is 2.08. The van der Waals surface area contributed by atoms with E-state index in [1.807, 2.05) is 31.3 Å². The van der Waals surface area contributed by atoms with Crippen LogP contribution in [-0.4, -0.2) is 11.0 Å². The number of carbonyl (C=O) groups is 1. The Kier molecular flexibility index (Phi) is 3.04. The third kappa shape index (κ3) is 1.98. The van der Waals surface area contributed by atoms with Crippen molar-refractivity contribution in [1.29, 1.82) is 0 Å². The quantitative estimate of drug-likeness (QED) is 0.650. The highest BCUT2D eigenvalue weighted by atomic mass is 16.5. The SMILES string of the molecule is CCn1cc(C(C)OC=O)c2cc(N)ccc21. The van der Waals surface area contributed by atoms with Crippen molar-refractivity contribution in [3.05, 3.63) is 30.0 Å². The number of aryl methyl sites for hydroxylation is 1. The van der Waals surface area contributed by atoms with Gasteiger partial charge >= 0.3 is 0 Å². The first-order chi connectivity index (χ1) is 8.17. The molecule has 1 atom stereocenters. The molecule has 2 rings (SSSR count). The molecule has 0 aliphatic heterocycles. The highest BCUT2D eigenvalue weighted by Gasteiger charge is 2.14. The molecule has 1 unspecified atom stereocenters. The highest BCUT2D eigenvalue weighted by Crippen LogP contribution is 2.29. The van der Waals surface area contributed by atoms with Crippen molar-refractivity contribution in [2.45, 2.75) is 26.5 Å². The number of anilines is 1. The van der Waals surface area contributed by atoms with Crippen LogP contribution in [-0.2, 0) is 16.1 Å². The molecule has 4 heteroatoms. The topological polar surface area (TPSA) is 57.2 Å². The number of nitrogens with zero attached hydrogens (tertiary/aromatic N) is 1. The zero-order valence-corrected chi connectivity index (χ0v) is 10.0. The van der Waals surface area contributed by atoms with Crippen molar-refractivity contribution >= 4 is 23.1 Å². The van der Waals surface area contributed by atoms with Gasteiger partial charge in [0.1, 0.15) is 6.10 Å². The number of carbonyl (C=O) groups excluding carboxylic acids is 1. The summed E-state index contributed by atoms with van der Waals surface area (Å²) in [7, 11) is 0. The number of aromatic nitrogens is 1. The molecule has 2 aromatic rings. The summed E-state index contributed by atoms with van der Waals surface area (Å²) in [4.78, 5) is 10.4. The second kappa shape index (κ2) is 4.49. The minimum atomic E-state index is -0.260. The summed E-state index contributed by atoms with van der Waals surface area (Å²) in [6.07, 6.45) is 1.75. The third-order valence-corrected chi connectivity index (χ3v) is 2.97. The number of hydrogen-bond donors (Lipinski definition) is 1. The van der Waals surface area contributed by atoms with Crippen molar-refractivity contribution in [2.24, 2.45) is 0 Å². The van der Waals surface area contributed by atoms with E-state index in [0.717, 1.165) is 23.0 Å². The molecule has 4 nitrogen and oxygen atoms in total. The van der Waals surface area contributed by atoms with Gasteiger partial charge in [-0.15, -0.1) is 0 Å². The standard InChI is InChI=1S/C13H16N2O2/c1-3-15-7-12(9(2)17-8-16)11-6-10(14)4-5-13(11)15/h4-9H,3,14H2,1-2H3. The number of nitrogen functional groups attached to an aromatic ring is 1. The Bertz CT molecular complexity index is 546. The average molecular weight is 232 g/mol. The van der Waals surface area contributed by atoms with Crippen molar-refractivity contribution < 1.29 is 9.53 Å². The van der Waals surface area contributed by atoms with Gasteiger partial charge in [0.15, 0.2) is 0 Å². The molecular formula is C13H16N2O2. The van der Waals surface area contributed by atoms with E-state index < -0.39 is 0 Å². The zero-order valence-electron chi connectivity index (χ0n) is 10.0. The number of rotatable bonds is 4. The van der Waals surface area contributed by atoms with Gasteiger partial charge in [0.25, 0.3) is 6.47 Å². The molecule has 0 aliphatic carbocycles. The number of ether oxygens (including phenoxy) is 1. The first-order valence-corrected chi connectivity index (χ1v) is 5.64. The highest BCUT2D eigenvalue weighted by molar-refractivity contribution is 5.87. The lowest BCUT2D eigenvalue weighted by Gasteiger charge is -2.07. The Hall–Kier alpha value is -1.97. The van der Waals surface area contributed by atoms with Gasteiger partial charge in [0.2, 0.25) is 0 Å². The molecule has 90 valence electrons. The molecule has 0 fully saturated rings. The predicted molar refractivity (Wildman–Crippen MR) is 67.6 cm³/mol. The fraction of sp³-hybridized carbons (Fsp3) is 0.308. The molecule has 1 aromatic heterocycles. The molecule has 0 saturated heterocycles. The van der Waals surface area contributed by atoms with E-state index in [0.29, 0.717) is 12.2 Å². The van der Waals surface area contributed by atoms with E-state index in [1.165, 1.54) is 0 Å². The van der Waals surface area contributed by atoms with E-state index >= 15 is 0 Å². The smallest absolute Gasteiger partial charge is 0.293 e. The lowest BCUT2D eigenvalue weighted by molar-refractivity contribution is -0.133. The average Bonchev–Trinajstić information content (AvgIpc) is 2.67. The second-order valence-electron chi connectivity index (χ2n) is 4.02. The first kappa shape index (κ1) is 11.5. The maximum atomic E-state index is 10.4. The van der Waals surface area contributed by atoms with Crippen molar-refractivity contribution in [3.8, 4) is 0 Å². The summed E-state index contributed by atoms with van der Waals surface area (Å²) in [6, 6.07) is 5.79. The van der Waals surface area contributed by atoms with Gasteiger partial charge in [-0.1, -0.05) is 0 Å². The molecule has 0 amide bonds. The van der Waals surface area contributed by atoms with Gasteiger partial charge in [0, 0.05) is 34.9 Å². The summed E-state index contributed by atoms with van der Waals surface area (Å²) in [5.41, 5.74) is 8.61. The molecule has 0 aliphatic rings. The van der Waals surface area contributed by atoms with Crippen molar-refractivity contribution in [1.82, 2.24) is 4.57 Å². The van der Waals surface area contributed by atoms with Crippen molar-refractivity contribution in [2.75, 3.05) is 5.73 Å². The Morgan fingerprint density at radius 1 is 1.53 bits per heavy atom. The normalized spacial score (nSPS) is 12.6. The van der Waals surface area contributed by atoms with Crippen LogP contribution < -0.4 is 5.73 Å². The Morgan fingerprint density at radius 3 is 2.94 bits per heavy atom. The van der Waals surface area contributed by atoms with Crippen LogP contribution in [0.25, 0.3) is 10.9 Å². The van der Waals surface area contributed by atoms with E-state index in [-0.39, 0.29) is 6.10 Å². The summed E-state index contributed by atoms with van der Waals surface area (Å²) >= 11 is 0. The second-order valence-corrected chi connectivity index (χ2v) is 4.02. The molecule has 0 bridgehead atoms. The van der Waals surface area contributed by atoms with Crippen LogP contribution in [0.1, 0.15) is 25.5 Å². The van der Waals surface area contributed by atoms with Crippen LogP contribution in [0.3, 0.4) is 0 Å². The molecule has 1 heterocycles. The van der Waals surface area contributed by atoms with E-state index in [2.05, 4.69) is 11.5 Å². The summed E-state index contributed by atoms with van der Waals surface area (Å²) in [5, 5.41) is 1.04. The maximum absolute atomic E-state index is 10.4. The van der Waals surface area contributed by atoms with Gasteiger partial charge < -0.3 is 15.0 Å². The van der Waals surface area contributed by atoms with Gasteiger partial charge in [0.05, 0.1) is 0 Å². The summed E-state index contributed by atoms with van der Waals surface area (Å²) in [5.74, 6) is 0. The predicted octanol–water partition coefficient (Wildman–Crippen LogP) is 2.48. The largest absolute Gasteiger partial charge is 0.460 e. The lowest BCUT2D eigenvalue weighted by atomic mass is 10.1. The number of nitrogens with two attached hydrogens (primary N) is 1. The molecule has 2 N–H and O–H groups in total. The number of fused-ring (bicyclic) bond motifs is 1. The van der Waals surface area contributed by atoms with Crippen LogP contribution in [0.15, 0.2) is 24.4 Å². The molecule has 0 radical (unpaired) electrons. The fourth-order valence-electron chi connectivity index (χ4n) is 2.08. The zero-order chi connectivity index (χ0) is 12.4. The van der Waals surface area contributed by atoms with Gasteiger partial charge in [-0.05, 0) is 32.0 Å². The van der Waals surface area contributed by atoms with Crippen LogP contribution in [0.4, 0.5) is 5.69 Å². The summed E-state index contributed by atoms with van der Waals surface area (Å²) in [6.45, 7) is 5.28. The molecular weight excluding hydrogens is 216 g/mol. The van der Waals surface area contributed by atoms with Crippen LogP contribution >= 0.6 is 0 Å². The first-order valence-electron chi connectivity index (χ1n) is 5.64. The van der Waals surface area contributed by atoms with Crippen molar-refractivity contribution in [3.63, 3.8) is 0 Å². The van der Waals surface area contributed by atoms with Gasteiger partial charge in [-0.25, -0.2) is 0 Å². The van der Waals surface area contributed by atoms with Crippen LogP contribution in [0, 0.1) is 0 Å². The minimum Gasteiger partial charge on any atom is -0.460 e. The Labute approximate surface area is 100.0 Å². The Morgan fingerprint density at radius 2 is 2.29 bits per heavy atom. The van der Waals surface area contributed by atoms with Crippen LogP contribution in [0.2, 0.25) is 0 Å². The van der Waals surface area contributed by atoms with Crippen LogP contribution in [0.5, 0.6) is 0 Å². The van der Waals surface area contributed by atoms with Gasteiger partial charge in [-0.3, -0.25) is 4.79 Å². The third-order valence-electron chi connectivity index (χ3n) is 2.97. The molecule has 0 saturated carbocycles. The maximum Gasteiger partial charge on any atom is 0.293 e. The monoisotopic (exact) mass is 232 g/mol. The van der Waals surface area contributed by atoms with Gasteiger partial charge in [-0.2, -0.15) is 0 Å². The summed E-state index contributed by atoms with van der Waals surface area (Å²) < 4.78 is 7.12.